The smallest absolute Gasteiger partial charge is 0.251 e. The van der Waals surface area contributed by atoms with Gasteiger partial charge < -0.3 is 10.2 Å². The van der Waals surface area contributed by atoms with Crippen LogP contribution < -0.4 is 5.32 Å². The third-order valence-corrected chi connectivity index (χ3v) is 7.22. The summed E-state index contributed by atoms with van der Waals surface area (Å²) in [6, 6.07) is 21.6. The third kappa shape index (κ3) is 6.07. The van der Waals surface area contributed by atoms with Crippen LogP contribution in [0.2, 0.25) is 15.3 Å². The molecule has 1 amide bonds. The number of benzene rings is 2. The Balaban J connectivity index is 1.43. The first kappa shape index (κ1) is 24.0. The van der Waals surface area contributed by atoms with Crippen LogP contribution in [0.5, 0.6) is 0 Å². The number of hydrogen-bond donors (Lipinski definition) is 1. The van der Waals surface area contributed by atoms with Crippen molar-refractivity contribution in [3.05, 3.63) is 98.7 Å². The van der Waals surface area contributed by atoms with Gasteiger partial charge in [0.1, 0.15) is 10.3 Å². The highest BCUT2D eigenvalue weighted by Crippen LogP contribution is 2.35. The highest BCUT2D eigenvalue weighted by Gasteiger charge is 2.36. The van der Waals surface area contributed by atoms with E-state index in [9.17, 15) is 4.79 Å². The quantitative estimate of drug-likeness (QED) is 0.400. The van der Waals surface area contributed by atoms with Gasteiger partial charge in [0, 0.05) is 29.1 Å². The van der Waals surface area contributed by atoms with E-state index in [1.807, 2.05) is 24.3 Å². The summed E-state index contributed by atoms with van der Waals surface area (Å²) in [5.41, 5.74) is 2.72. The molecule has 0 aliphatic carbocycles. The summed E-state index contributed by atoms with van der Waals surface area (Å²) in [6.07, 6.45) is 2.84. The zero-order valence-electron chi connectivity index (χ0n) is 18.2. The third-order valence-electron chi connectivity index (χ3n) is 6.47. The minimum absolute atomic E-state index is 0.127. The fraction of sp³-hybridized carbons (Fsp3) is 0.308. The molecule has 0 atom stereocenters. The minimum atomic E-state index is -0.197. The van der Waals surface area contributed by atoms with Crippen molar-refractivity contribution in [1.82, 2.24) is 15.2 Å². The molecule has 4 rings (SSSR count). The van der Waals surface area contributed by atoms with E-state index in [1.165, 1.54) is 23.3 Å². The Kier molecular flexibility index (Phi) is 7.92. The van der Waals surface area contributed by atoms with E-state index >= 15 is 0 Å². The van der Waals surface area contributed by atoms with Crippen LogP contribution in [-0.2, 0) is 11.8 Å². The van der Waals surface area contributed by atoms with Gasteiger partial charge in [0.25, 0.3) is 5.91 Å². The van der Waals surface area contributed by atoms with Crippen molar-refractivity contribution in [3.63, 3.8) is 0 Å². The molecule has 1 aromatic heterocycles. The van der Waals surface area contributed by atoms with E-state index in [-0.39, 0.29) is 21.6 Å². The maximum absolute atomic E-state index is 12.8. The average molecular weight is 503 g/mol. The SMILES string of the molecule is O=C(NCC1(c2ccccc2)CCN(CCc2ccccc2Cl)CC1)c1cc(Cl)nc(Cl)c1. The Hall–Kier alpha value is -2.11. The Morgan fingerprint density at radius 3 is 2.24 bits per heavy atom. The minimum Gasteiger partial charge on any atom is -0.351 e. The van der Waals surface area contributed by atoms with Crippen LogP contribution in [-0.4, -0.2) is 42.0 Å². The van der Waals surface area contributed by atoms with Gasteiger partial charge >= 0.3 is 0 Å². The molecule has 2 aromatic carbocycles. The number of pyridine rings is 1. The molecular formula is C26H26Cl3N3O. The van der Waals surface area contributed by atoms with Crippen molar-refractivity contribution < 1.29 is 4.79 Å². The van der Waals surface area contributed by atoms with Crippen LogP contribution in [0.15, 0.2) is 66.7 Å². The van der Waals surface area contributed by atoms with Crippen molar-refractivity contribution in [1.29, 1.82) is 0 Å². The van der Waals surface area contributed by atoms with Gasteiger partial charge in [-0.05, 0) is 61.7 Å². The van der Waals surface area contributed by atoms with Crippen LogP contribution >= 0.6 is 34.8 Å². The summed E-state index contributed by atoms with van der Waals surface area (Å²) < 4.78 is 0. The second-order valence-corrected chi connectivity index (χ2v) is 9.70. The molecule has 2 heterocycles. The van der Waals surface area contributed by atoms with Crippen molar-refractivity contribution in [2.75, 3.05) is 26.2 Å². The van der Waals surface area contributed by atoms with Crippen molar-refractivity contribution in [2.24, 2.45) is 0 Å². The fourth-order valence-corrected chi connectivity index (χ4v) is 5.18. The molecule has 0 bridgehead atoms. The van der Waals surface area contributed by atoms with Crippen LogP contribution in [0, 0.1) is 0 Å². The van der Waals surface area contributed by atoms with Gasteiger partial charge in [0.2, 0.25) is 0 Å². The lowest BCUT2D eigenvalue weighted by atomic mass is 9.72. The van der Waals surface area contributed by atoms with Gasteiger partial charge in [-0.2, -0.15) is 0 Å². The number of hydrogen-bond acceptors (Lipinski definition) is 3. The highest BCUT2D eigenvalue weighted by molar-refractivity contribution is 6.33. The lowest BCUT2D eigenvalue weighted by Crippen LogP contribution is -2.49. The molecule has 0 spiro atoms. The topological polar surface area (TPSA) is 45.2 Å². The highest BCUT2D eigenvalue weighted by atomic mass is 35.5. The van der Waals surface area contributed by atoms with Crippen molar-refractivity contribution >= 4 is 40.7 Å². The van der Waals surface area contributed by atoms with Crippen LogP contribution in [0.25, 0.3) is 0 Å². The maximum Gasteiger partial charge on any atom is 0.251 e. The van der Waals surface area contributed by atoms with Crippen molar-refractivity contribution in [2.45, 2.75) is 24.7 Å². The molecule has 1 N–H and O–H groups in total. The largest absolute Gasteiger partial charge is 0.351 e. The zero-order chi connectivity index (χ0) is 23.3. The van der Waals surface area contributed by atoms with Gasteiger partial charge in [-0.3, -0.25) is 4.79 Å². The Labute approximate surface area is 209 Å². The van der Waals surface area contributed by atoms with Gasteiger partial charge in [-0.15, -0.1) is 0 Å². The summed E-state index contributed by atoms with van der Waals surface area (Å²) in [5.74, 6) is -0.197. The van der Waals surface area contributed by atoms with Crippen LogP contribution in [0.1, 0.15) is 34.3 Å². The Morgan fingerprint density at radius 1 is 0.939 bits per heavy atom. The molecule has 33 heavy (non-hydrogen) atoms. The van der Waals surface area contributed by atoms with E-state index in [0.29, 0.717) is 12.1 Å². The maximum atomic E-state index is 12.8. The zero-order valence-corrected chi connectivity index (χ0v) is 20.5. The first-order valence-electron chi connectivity index (χ1n) is 11.1. The second-order valence-electron chi connectivity index (χ2n) is 8.51. The molecule has 172 valence electrons. The number of likely N-dealkylation sites (tertiary alicyclic amines) is 1. The number of aromatic nitrogens is 1. The summed E-state index contributed by atoms with van der Waals surface area (Å²) in [6.45, 7) is 3.44. The van der Waals surface area contributed by atoms with Gasteiger partial charge in [-0.25, -0.2) is 4.98 Å². The summed E-state index contributed by atoms with van der Waals surface area (Å²) >= 11 is 18.3. The normalized spacial score (nSPS) is 15.8. The number of carbonyl (C=O) groups excluding carboxylic acids is 1. The summed E-state index contributed by atoms with van der Waals surface area (Å²) in [7, 11) is 0. The van der Waals surface area contributed by atoms with Crippen LogP contribution in [0.3, 0.4) is 0 Å². The standard InChI is InChI=1S/C26H26Cl3N3O/c27-22-9-5-4-6-19(22)10-13-32-14-11-26(12-15-32,21-7-2-1-3-8-21)18-30-25(33)20-16-23(28)31-24(29)17-20/h1-9,16-17H,10-15,18H2,(H,30,33). The molecule has 1 aliphatic heterocycles. The first-order valence-corrected chi connectivity index (χ1v) is 12.2. The lowest BCUT2D eigenvalue weighted by Gasteiger charge is -2.42. The van der Waals surface area contributed by atoms with E-state index in [1.54, 1.807) is 0 Å². The Bertz CT molecular complexity index is 1080. The van der Waals surface area contributed by atoms with E-state index < -0.39 is 0 Å². The molecule has 7 heteroatoms. The summed E-state index contributed by atoms with van der Waals surface area (Å²) in [4.78, 5) is 19.2. The van der Waals surface area contributed by atoms with Gasteiger partial charge in [-0.1, -0.05) is 83.3 Å². The van der Waals surface area contributed by atoms with E-state index in [4.69, 9.17) is 34.8 Å². The molecule has 4 nitrogen and oxygen atoms in total. The number of nitrogens with zero attached hydrogens (tertiary/aromatic N) is 2. The average Bonchev–Trinajstić information content (AvgIpc) is 2.83. The number of piperidine rings is 1. The predicted molar refractivity (Wildman–Crippen MR) is 136 cm³/mol. The number of halogens is 3. The van der Waals surface area contributed by atoms with Gasteiger partial charge in [0.05, 0.1) is 0 Å². The second kappa shape index (κ2) is 10.9. The van der Waals surface area contributed by atoms with E-state index in [0.717, 1.165) is 43.9 Å². The van der Waals surface area contributed by atoms with E-state index in [2.05, 4.69) is 45.5 Å². The van der Waals surface area contributed by atoms with Crippen molar-refractivity contribution in [3.8, 4) is 0 Å². The van der Waals surface area contributed by atoms with Crippen LogP contribution in [0.4, 0.5) is 0 Å². The molecule has 0 unspecified atom stereocenters. The molecule has 1 fully saturated rings. The lowest BCUT2D eigenvalue weighted by molar-refractivity contribution is 0.0922. The molecule has 1 aliphatic rings. The summed E-state index contributed by atoms with van der Waals surface area (Å²) in [5, 5.41) is 4.36. The molecule has 0 radical (unpaired) electrons. The fourth-order valence-electron chi connectivity index (χ4n) is 4.49. The number of amides is 1. The van der Waals surface area contributed by atoms with Gasteiger partial charge in [0.15, 0.2) is 0 Å². The molecule has 0 saturated carbocycles. The molecule has 3 aromatic rings. The predicted octanol–water partition coefficient (Wildman–Crippen LogP) is 6.05. The first-order chi connectivity index (χ1) is 15.9. The monoisotopic (exact) mass is 501 g/mol. The molecular weight excluding hydrogens is 477 g/mol. The number of rotatable bonds is 7. The number of carbonyl (C=O) groups is 1. The molecule has 1 saturated heterocycles. The number of nitrogens with one attached hydrogen (secondary N) is 1. The Morgan fingerprint density at radius 2 is 1.58 bits per heavy atom.